The molecular weight excluding hydrogens is 367 g/mol. The van der Waals surface area contributed by atoms with Crippen LogP contribution in [0.25, 0.3) is 11.1 Å². The van der Waals surface area contributed by atoms with Crippen LogP contribution < -0.4 is 0 Å². The third kappa shape index (κ3) is 3.35. The van der Waals surface area contributed by atoms with Crippen LogP contribution >= 0.6 is 23.2 Å². The van der Waals surface area contributed by atoms with Gasteiger partial charge in [-0.2, -0.15) is 0 Å². The lowest BCUT2D eigenvalue weighted by molar-refractivity contribution is -0.0264. The van der Waals surface area contributed by atoms with Crippen molar-refractivity contribution in [3.8, 4) is 11.1 Å². The van der Waals surface area contributed by atoms with E-state index in [1.54, 1.807) is 12.4 Å². The van der Waals surface area contributed by atoms with E-state index in [2.05, 4.69) is 9.97 Å². The number of benzene rings is 2. The number of hydrogen-bond acceptors (Lipinski definition) is 3. The summed E-state index contributed by atoms with van der Waals surface area (Å²) in [6.45, 7) is 5.89. The van der Waals surface area contributed by atoms with Gasteiger partial charge in [-0.3, -0.25) is 0 Å². The van der Waals surface area contributed by atoms with Crippen molar-refractivity contribution in [1.82, 2.24) is 9.97 Å². The Morgan fingerprint density at radius 2 is 1.42 bits per heavy atom. The van der Waals surface area contributed by atoms with Gasteiger partial charge in [-0.25, -0.2) is 9.97 Å². The molecule has 1 aromatic heterocycles. The number of rotatable bonds is 3. The van der Waals surface area contributed by atoms with E-state index in [0.717, 1.165) is 11.1 Å². The summed E-state index contributed by atoms with van der Waals surface area (Å²) in [6.07, 6.45) is 4.70. The molecule has 3 rings (SSSR count). The lowest BCUT2D eigenvalue weighted by Crippen LogP contribution is -2.41. The van der Waals surface area contributed by atoms with Gasteiger partial charge in [0.25, 0.3) is 0 Å². The molecule has 1 heterocycles. The van der Waals surface area contributed by atoms with Crippen molar-refractivity contribution < 1.29 is 5.11 Å². The fourth-order valence-corrected chi connectivity index (χ4v) is 3.55. The van der Waals surface area contributed by atoms with E-state index in [4.69, 9.17) is 23.2 Å². The van der Waals surface area contributed by atoms with E-state index in [1.165, 1.54) is 6.33 Å². The summed E-state index contributed by atoms with van der Waals surface area (Å²) in [7, 11) is 0. The summed E-state index contributed by atoms with van der Waals surface area (Å²) in [5.74, 6) is 0. The number of aliphatic hydroxyl groups is 1. The van der Waals surface area contributed by atoms with Crippen LogP contribution in [0.4, 0.5) is 0 Å². The second kappa shape index (κ2) is 6.99. The summed E-state index contributed by atoms with van der Waals surface area (Å²) in [4.78, 5) is 8.13. The number of nitrogens with zero attached hydrogens (tertiary/aromatic N) is 2. The van der Waals surface area contributed by atoms with Gasteiger partial charge in [-0.1, -0.05) is 68.2 Å². The molecule has 5 heteroatoms. The van der Waals surface area contributed by atoms with E-state index in [0.29, 0.717) is 21.2 Å². The van der Waals surface area contributed by atoms with Crippen molar-refractivity contribution in [3.63, 3.8) is 0 Å². The van der Waals surface area contributed by atoms with Crippen LogP contribution in [0.3, 0.4) is 0 Å². The quantitative estimate of drug-likeness (QED) is 0.624. The Balaban J connectivity index is 2.13. The molecule has 3 nitrogen and oxygen atoms in total. The minimum absolute atomic E-state index is 0.485. The monoisotopic (exact) mass is 386 g/mol. The van der Waals surface area contributed by atoms with Crippen LogP contribution in [-0.4, -0.2) is 15.1 Å². The summed E-state index contributed by atoms with van der Waals surface area (Å²) in [5, 5.41) is 12.9. The molecule has 0 fully saturated rings. The first-order valence-electron chi connectivity index (χ1n) is 8.27. The standard InChI is InChI=1S/C21H20Cl2N2O/c1-20(2,3)21(26,16-11-24-13-25-12-16)18-9-6-15(10-19(18)23)14-4-7-17(22)8-5-14/h4-13,26H,1-3H3. The fraction of sp³-hybridized carbons (Fsp3) is 0.238. The molecule has 0 amide bonds. The average Bonchev–Trinajstić information content (AvgIpc) is 2.61. The van der Waals surface area contributed by atoms with E-state index >= 15 is 0 Å². The molecule has 0 saturated carbocycles. The Hall–Kier alpha value is -1.94. The lowest BCUT2D eigenvalue weighted by atomic mass is 9.69. The van der Waals surface area contributed by atoms with Crippen molar-refractivity contribution >= 4 is 23.2 Å². The number of hydrogen-bond donors (Lipinski definition) is 1. The molecule has 134 valence electrons. The zero-order valence-electron chi connectivity index (χ0n) is 14.9. The Labute approximate surface area is 163 Å². The topological polar surface area (TPSA) is 46.0 Å². The molecule has 0 bridgehead atoms. The Bertz CT molecular complexity index is 906. The van der Waals surface area contributed by atoms with Gasteiger partial charge >= 0.3 is 0 Å². The molecule has 0 aliphatic carbocycles. The Kier molecular flexibility index (Phi) is 5.07. The second-order valence-corrected chi connectivity index (χ2v) is 8.13. The van der Waals surface area contributed by atoms with Crippen LogP contribution in [0.1, 0.15) is 31.9 Å². The highest BCUT2D eigenvalue weighted by atomic mass is 35.5. The fourth-order valence-electron chi connectivity index (χ4n) is 3.11. The zero-order chi connectivity index (χ0) is 18.9. The van der Waals surface area contributed by atoms with E-state index in [-0.39, 0.29) is 0 Å². The maximum Gasteiger partial charge on any atom is 0.124 e. The van der Waals surface area contributed by atoms with Gasteiger partial charge < -0.3 is 5.11 Å². The van der Waals surface area contributed by atoms with Crippen LogP contribution in [0.15, 0.2) is 61.2 Å². The van der Waals surface area contributed by atoms with Crippen molar-refractivity contribution in [2.45, 2.75) is 26.4 Å². The predicted molar refractivity (Wildman–Crippen MR) is 106 cm³/mol. The molecular formula is C21H20Cl2N2O. The van der Waals surface area contributed by atoms with Crippen molar-refractivity contribution in [2.75, 3.05) is 0 Å². The van der Waals surface area contributed by atoms with Gasteiger partial charge in [0.15, 0.2) is 0 Å². The van der Waals surface area contributed by atoms with E-state index in [9.17, 15) is 5.11 Å². The average molecular weight is 387 g/mol. The molecule has 0 aliphatic rings. The first-order valence-corrected chi connectivity index (χ1v) is 9.03. The summed E-state index contributed by atoms with van der Waals surface area (Å²) >= 11 is 12.6. The van der Waals surface area contributed by atoms with Gasteiger partial charge in [0.05, 0.1) is 0 Å². The third-order valence-electron chi connectivity index (χ3n) is 4.60. The Morgan fingerprint density at radius 3 is 1.96 bits per heavy atom. The summed E-state index contributed by atoms with van der Waals surface area (Å²) < 4.78 is 0. The molecule has 0 aliphatic heterocycles. The Morgan fingerprint density at radius 1 is 0.846 bits per heavy atom. The summed E-state index contributed by atoms with van der Waals surface area (Å²) in [5.41, 5.74) is 1.33. The minimum atomic E-state index is -1.33. The second-order valence-electron chi connectivity index (χ2n) is 7.29. The first-order chi connectivity index (χ1) is 12.2. The minimum Gasteiger partial charge on any atom is -0.380 e. The van der Waals surface area contributed by atoms with Gasteiger partial charge in [-0.05, 0) is 34.7 Å². The first kappa shape index (κ1) is 18.8. The van der Waals surface area contributed by atoms with E-state index < -0.39 is 11.0 Å². The number of aromatic nitrogens is 2. The molecule has 1 atom stereocenters. The number of halogens is 2. The highest BCUT2D eigenvalue weighted by Crippen LogP contribution is 2.47. The van der Waals surface area contributed by atoms with Crippen LogP contribution in [0, 0.1) is 5.41 Å². The molecule has 1 N–H and O–H groups in total. The smallest absolute Gasteiger partial charge is 0.124 e. The SMILES string of the molecule is CC(C)(C)C(O)(c1cncnc1)c1ccc(-c2ccc(Cl)cc2)cc1Cl. The van der Waals surface area contributed by atoms with Crippen molar-refractivity contribution in [1.29, 1.82) is 0 Å². The van der Waals surface area contributed by atoms with Crippen LogP contribution in [-0.2, 0) is 5.60 Å². The normalized spacial score (nSPS) is 14.1. The van der Waals surface area contributed by atoms with Gasteiger partial charge in [-0.15, -0.1) is 0 Å². The third-order valence-corrected chi connectivity index (χ3v) is 5.16. The maximum absolute atomic E-state index is 11.7. The van der Waals surface area contributed by atoms with E-state index in [1.807, 2.05) is 63.2 Å². The molecule has 0 radical (unpaired) electrons. The van der Waals surface area contributed by atoms with Gasteiger partial charge in [0.2, 0.25) is 0 Å². The van der Waals surface area contributed by atoms with Crippen molar-refractivity contribution in [2.24, 2.45) is 5.41 Å². The molecule has 0 spiro atoms. The molecule has 2 aromatic carbocycles. The highest BCUT2D eigenvalue weighted by molar-refractivity contribution is 6.32. The highest BCUT2D eigenvalue weighted by Gasteiger charge is 2.45. The largest absolute Gasteiger partial charge is 0.380 e. The van der Waals surface area contributed by atoms with Crippen molar-refractivity contribution in [3.05, 3.63) is 82.4 Å². The van der Waals surface area contributed by atoms with Gasteiger partial charge in [0.1, 0.15) is 11.9 Å². The van der Waals surface area contributed by atoms with Crippen LogP contribution in [0.5, 0.6) is 0 Å². The lowest BCUT2D eigenvalue weighted by Gasteiger charge is -2.41. The predicted octanol–water partition coefficient (Wildman–Crippen LogP) is 5.73. The molecule has 26 heavy (non-hydrogen) atoms. The molecule has 3 aromatic rings. The summed E-state index contributed by atoms with van der Waals surface area (Å²) in [6, 6.07) is 13.2. The van der Waals surface area contributed by atoms with Gasteiger partial charge in [0, 0.05) is 33.6 Å². The molecule has 1 unspecified atom stereocenters. The van der Waals surface area contributed by atoms with Crippen LogP contribution in [0.2, 0.25) is 10.0 Å². The zero-order valence-corrected chi connectivity index (χ0v) is 16.4. The molecule has 0 saturated heterocycles. The maximum atomic E-state index is 11.7.